The van der Waals surface area contributed by atoms with Crippen molar-refractivity contribution in [1.29, 1.82) is 0 Å². The molecule has 3 amide bonds. The first kappa shape index (κ1) is 33.5. The molecule has 9 nitrogen and oxygen atoms in total. The van der Waals surface area contributed by atoms with Gasteiger partial charge in [-0.3, -0.25) is 14.5 Å². The Morgan fingerprint density at radius 2 is 1.49 bits per heavy atom. The van der Waals surface area contributed by atoms with Crippen molar-refractivity contribution < 1.29 is 29.0 Å². The predicted octanol–water partition coefficient (Wildman–Crippen LogP) is 4.37. The van der Waals surface area contributed by atoms with Gasteiger partial charge in [0.05, 0.1) is 18.7 Å². The number of ether oxygens (including phenoxy) is 2. The average molecular weight is 616 g/mol. The maximum absolute atomic E-state index is 13.7. The number of hydrogen-bond donors (Lipinski definition) is 3. The summed E-state index contributed by atoms with van der Waals surface area (Å²) in [5, 5.41) is 17.8. The topological polar surface area (TPSA) is 117 Å². The van der Waals surface area contributed by atoms with Crippen molar-refractivity contribution in [2.75, 3.05) is 19.8 Å². The monoisotopic (exact) mass is 615 g/mol. The average Bonchev–Trinajstić information content (AvgIpc) is 3.42. The summed E-state index contributed by atoms with van der Waals surface area (Å²) in [4.78, 5) is 40.7. The highest BCUT2D eigenvalue weighted by atomic mass is 16.6. The number of carbonyl (C=O) groups is 3. The summed E-state index contributed by atoms with van der Waals surface area (Å²) in [6.07, 6.45) is -0.488. The first-order valence-electron chi connectivity index (χ1n) is 15.6. The van der Waals surface area contributed by atoms with Crippen molar-refractivity contribution >= 4 is 17.9 Å². The molecule has 9 heteroatoms. The number of nitrogens with one attached hydrogen (secondary N) is 2. The van der Waals surface area contributed by atoms with E-state index in [2.05, 4.69) is 10.6 Å². The van der Waals surface area contributed by atoms with E-state index < -0.39 is 30.3 Å². The molecule has 1 saturated heterocycles. The first-order chi connectivity index (χ1) is 21.6. The summed E-state index contributed by atoms with van der Waals surface area (Å²) in [6.45, 7) is 8.03. The minimum atomic E-state index is -1.00. The highest BCUT2D eigenvalue weighted by Crippen LogP contribution is 2.22. The second kappa shape index (κ2) is 16.1. The molecule has 0 saturated carbocycles. The summed E-state index contributed by atoms with van der Waals surface area (Å²) >= 11 is 0. The highest BCUT2D eigenvalue weighted by Gasteiger charge is 2.37. The lowest BCUT2D eigenvalue weighted by molar-refractivity contribution is -0.128. The van der Waals surface area contributed by atoms with E-state index in [1.165, 1.54) is 4.90 Å². The number of nitrogens with zero attached hydrogens (tertiary/aromatic N) is 1. The fraction of sp³-hybridized carbons (Fsp3) is 0.417. The maximum Gasteiger partial charge on any atom is 0.410 e. The second-order valence-corrected chi connectivity index (χ2v) is 12.1. The molecule has 0 radical (unpaired) electrons. The van der Waals surface area contributed by atoms with Crippen LogP contribution >= 0.6 is 0 Å². The molecule has 4 rings (SSSR count). The summed E-state index contributed by atoms with van der Waals surface area (Å²) < 4.78 is 11.0. The molecule has 0 bridgehead atoms. The summed E-state index contributed by atoms with van der Waals surface area (Å²) in [6, 6.07) is 23.3. The number of hydrogen-bond acceptors (Lipinski definition) is 6. The van der Waals surface area contributed by atoms with Crippen LogP contribution in [-0.2, 0) is 27.2 Å². The molecule has 4 atom stereocenters. The van der Waals surface area contributed by atoms with E-state index >= 15 is 0 Å². The standard InChI is InChI=1S/C36H45N3O6/c1-24(2)33(39-18-19-44-36(39)43)35(42)37-29(20-27-14-7-5-8-15-27)22-31(40)30(21-28-16-9-6-10-17-28)38-32(41)23-45-34-25(3)12-11-13-26(34)4/h5-17,24,29-31,33,40H,18-23H2,1-4H3,(H,37,42)(H,38,41)/t29-,30-,31?,33-/m0/s1. The maximum atomic E-state index is 13.7. The molecule has 3 aromatic rings. The summed E-state index contributed by atoms with van der Waals surface area (Å²) in [5.41, 5.74) is 3.81. The molecule has 1 heterocycles. The van der Waals surface area contributed by atoms with Crippen LogP contribution in [-0.4, -0.2) is 71.9 Å². The molecule has 0 aromatic heterocycles. The van der Waals surface area contributed by atoms with E-state index in [1.807, 2.05) is 107 Å². The van der Waals surface area contributed by atoms with Crippen molar-refractivity contribution in [3.63, 3.8) is 0 Å². The Labute approximate surface area is 265 Å². The van der Waals surface area contributed by atoms with Gasteiger partial charge in [0.2, 0.25) is 5.91 Å². The van der Waals surface area contributed by atoms with Gasteiger partial charge in [0.25, 0.3) is 5.91 Å². The van der Waals surface area contributed by atoms with Crippen LogP contribution in [0.1, 0.15) is 42.5 Å². The molecule has 1 fully saturated rings. The van der Waals surface area contributed by atoms with Gasteiger partial charge in [-0.15, -0.1) is 0 Å². The van der Waals surface area contributed by atoms with E-state index in [0.717, 1.165) is 22.3 Å². The zero-order valence-corrected chi connectivity index (χ0v) is 26.6. The number of rotatable bonds is 15. The Hall–Kier alpha value is -4.37. The highest BCUT2D eigenvalue weighted by molar-refractivity contribution is 5.86. The number of cyclic esters (lactones) is 1. The van der Waals surface area contributed by atoms with Crippen molar-refractivity contribution in [1.82, 2.24) is 15.5 Å². The molecule has 1 unspecified atom stereocenters. The molecule has 0 spiro atoms. The Kier molecular flexibility index (Phi) is 12.0. The Balaban J connectivity index is 1.52. The lowest BCUT2D eigenvalue weighted by Gasteiger charge is -2.32. The Morgan fingerprint density at radius 3 is 2.04 bits per heavy atom. The summed E-state index contributed by atoms with van der Waals surface area (Å²) in [5.74, 6) is -0.142. The molecule has 240 valence electrons. The SMILES string of the molecule is Cc1cccc(C)c1OCC(=O)N[C@@H](Cc1ccccc1)C(O)C[C@H](Cc1ccccc1)NC(=O)[C@H](C(C)C)N1CCOC1=O. The Morgan fingerprint density at radius 1 is 0.889 bits per heavy atom. The van der Waals surface area contributed by atoms with E-state index in [9.17, 15) is 19.5 Å². The zero-order valence-electron chi connectivity index (χ0n) is 26.6. The smallest absolute Gasteiger partial charge is 0.410 e. The molecular weight excluding hydrogens is 570 g/mol. The van der Waals surface area contributed by atoms with Gasteiger partial charge in [0.15, 0.2) is 6.61 Å². The van der Waals surface area contributed by atoms with Crippen LogP contribution < -0.4 is 15.4 Å². The zero-order chi connectivity index (χ0) is 32.3. The molecule has 1 aliphatic rings. The van der Waals surface area contributed by atoms with Crippen LogP contribution in [0.15, 0.2) is 78.9 Å². The molecule has 1 aliphatic heterocycles. The van der Waals surface area contributed by atoms with Crippen LogP contribution in [0.4, 0.5) is 4.79 Å². The van der Waals surface area contributed by atoms with Gasteiger partial charge in [0.1, 0.15) is 18.4 Å². The fourth-order valence-electron chi connectivity index (χ4n) is 5.86. The van der Waals surface area contributed by atoms with E-state index in [-0.39, 0.29) is 37.4 Å². The van der Waals surface area contributed by atoms with Gasteiger partial charge in [-0.05, 0) is 61.3 Å². The third kappa shape index (κ3) is 9.56. The number of aliphatic hydroxyl groups excluding tert-OH is 1. The molecule has 0 aliphatic carbocycles. The van der Waals surface area contributed by atoms with Crippen LogP contribution in [0, 0.1) is 19.8 Å². The third-order valence-corrected chi connectivity index (χ3v) is 8.09. The lowest BCUT2D eigenvalue weighted by Crippen LogP contribution is -2.54. The minimum Gasteiger partial charge on any atom is -0.483 e. The van der Waals surface area contributed by atoms with Crippen molar-refractivity contribution in [3.05, 3.63) is 101 Å². The number of benzene rings is 3. The van der Waals surface area contributed by atoms with Crippen LogP contribution in [0.25, 0.3) is 0 Å². The summed E-state index contributed by atoms with van der Waals surface area (Å²) in [7, 11) is 0. The normalized spacial score (nSPS) is 15.6. The first-order valence-corrected chi connectivity index (χ1v) is 15.6. The molecule has 3 aromatic carbocycles. The van der Waals surface area contributed by atoms with Crippen LogP contribution in [0.5, 0.6) is 5.75 Å². The van der Waals surface area contributed by atoms with Gasteiger partial charge in [-0.2, -0.15) is 0 Å². The van der Waals surface area contributed by atoms with Crippen LogP contribution in [0.2, 0.25) is 0 Å². The fourth-order valence-corrected chi connectivity index (χ4v) is 5.86. The number of aryl methyl sites for hydroxylation is 2. The van der Waals surface area contributed by atoms with E-state index in [4.69, 9.17) is 9.47 Å². The van der Waals surface area contributed by atoms with Gasteiger partial charge in [-0.1, -0.05) is 92.7 Å². The van der Waals surface area contributed by atoms with Gasteiger partial charge < -0.3 is 25.2 Å². The van der Waals surface area contributed by atoms with E-state index in [0.29, 0.717) is 25.1 Å². The molecular formula is C36H45N3O6. The molecule has 3 N–H and O–H groups in total. The van der Waals surface area contributed by atoms with Gasteiger partial charge >= 0.3 is 6.09 Å². The van der Waals surface area contributed by atoms with Crippen molar-refractivity contribution in [2.24, 2.45) is 5.92 Å². The quantitative estimate of drug-likeness (QED) is 0.234. The minimum absolute atomic E-state index is 0.153. The Bertz CT molecular complexity index is 1390. The second-order valence-electron chi connectivity index (χ2n) is 12.1. The van der Waals surface area contributed by atoms with Crippen LogP contribution in [0.3, 0.4) is 0 Å². The third-order valence-electron chi connectivity index (χ3n) is 8.09. The van der Waals surface area contributed by atoms with E-state index in [1.54, 1.807) is 0 Å². The molecule has 45 heavy (non-hydrogen) atoms. The number of aliphatic hydroxyl groups is 1. The number of carbonyl (C=O) groups excluding carboxylic acids is 3. The van der Waals surface area contributed by atoms with Crippen molar-refractivity contribution in [3.8, 4) is 5.75 Å². The number of amides is 3. The number of para-hydroxylation sites is 1. The van der Waals surface area contributed by atoms with Gasteiger partial charge in [0, 0.05) is 6.04 Å². The van der Waals surface area contributed by atoms with Crippen molar-refractivity contribution in [2.45, 2.75) is 71.2 Å². The largest absolute Gasteiger partial charge is 0.483 e. The lowest BCUT2D eigenvalue weighted by atomic mass is 9.93. The predicted molar refractivity (Wildman–Crippen MR) is 173 cm³/mol. The van der Waals surface area contributed by atoms with Gasteiger partial charge in [-0.25, -0.2) is 4.79 Å².